The number of ether oxygens (including phenoxy) is 1. The molecule has 1 aromatic carbocycles. The summed E-state index contributed by atoms with van der Waals surface area (Å²) in [5, 5.41) is 35.1. The van der Waals surface area contributed by atoms with Gasteiger partial charge in [-0.05, 0) is 80.3 Å². The van der Waals surface area contributed by atoms with Crippen molar-refractivity contribution in [3.8, 4) is 0 Å². The molecule has 4 aliphatic carbocycles. The van der Waals surface area contributed by atoms with Gasteiger partial charge in [0.05, 0.1) is 23.9 Å². The van der Waals surface area contributed by atoms with E-state index in [1.54, 1.807) is 6.08 Å². The van der Waals surface area contributed by atoms with Crippen LogP contribution in [0.1, 0.15) is 70.3 Å². The molecule has 8 atom stereocenters. The van der Waals surface area contributed by atoms with E-state index in [0.717, 1.165) is 36.8 Å². The van der Waals surface area contributed by atoms with Crippen LogP contribution in [0, 0.1) is 28.6 Å². The number of aliphatic hydroxyl groups is 3. The molecule has 4 saturated carbocycles. The molecule has 36 heavy (non-hydrogen) atoms. The summed E-state index contributed by atoms with van der Waals surface area (Å²) in [6.07, 6.45) is 9.51. The van der Waals surface area contributed by atoms with Crippen LogP contribution in [0.4, 0.5) is 0 Å². The smallest absolute Gasteiger partial charge is 0.331 e. The van der Waals surface area contributed by atoms with Gasteiger partial charge in [0.15, 0.2) is 0 Å². The fourth-order valence-electron chi connectivity index (χ4n) is 9.26. The summed E-state index contributed by atoms with van der Waals surface area (Å²) < 4.78 is 5.25. The van der Waals surface area contributed by atoms with Gasteiger partial charge in [-0.3, -0.25) is 4.99 Å². The quantitative estimate of drug-likeness (QED) is 0.435. The number of carbonyl (C=O) groups excluding carboxylic acids is 1. The predicted molar refractivity (Wildman–Crippen MR) is 136 cm³/mol. The molecule has 1 aromatic rings. The number of aliphatic hydroxyl groups excluding tert-OH is 1. The number of benzene rings is 1. The molecule has 0 amide bonds. The van der Waals surface area contributed by atoms with Crippen LogP contribution in [0.15, 0.2) is 47.0 Å². The van der Waals surface area contributed by atoms with Crippen molar-refractivity contribution in [3.05, 3.63) is 47.5 Å². The maximum absolute atomic E-state index is 12.5. The first-order valence-electron chi connectivity index (χ1n) is 13.8. The molecular weight excluding hydrogens is 454 g/mol. The second-order valence-electron chi connectivity index (χ2n) is 12.5. The number of nitrogens with zero attached hydrogens (tertiary/aromatic N) is 1. The number of hydrogen-bond donors (Lipinski definition) is 3. The number of cyclic esters (lactones) is 1. The van der Waals surface area contributed by atoms with Crippen molar-refractivity contribution < 1.29 is 24.9 Å². The predicted octanol–water partition coefficient (Wildman–Crippen LogP) is 3.97. The van der Waals surface area contributed by atoms with E-state index in [1.165, 1.54) is 0 Å². The second kappa shape index (κ2) is 8.50. The van der Waals surface area contributed by atoms with Crippen molar-refractivity contribution in [2.75, 3.05) is 6.61 Å². The van der Waals surface area contributed by atoms with Gasteiger partial charge in [0.2, 0.25) is 0 Å². The molecule has 6 rings (SSSR count). The number of esters is 1. The Morgan fingerprint density at radius 3 is 2.56 bits per heavy atom. The Labute approximate surface area is 213 Å². The van der Waals surface area contributed by atoms with Crippen LogP contribution in [0.3, 0.4) is 0 Å². The standard InChI is InChI=1S/C30H39NO5/c1-27-11-8-24-25(30(27,35)14-10-23(27)21-15-26(33)36-18-21)9-13-29(34)16-22(32)7-12-28(24,29)19-31-17-20-5-3-2-4-6-20/h2-6,15,19,22-25,32,34-35H,7-14,16-18H2,1H3/t22-,23+,24-,25+,27+,28-,29-,30-/m0/s1. The third-order valence-corrected chi connectivity index (χ3v) is 11.1. The van der Waals surface area contributed by atoms with Crippen LogP contribution in [0.25, 0.3) is 0 Å². The Morgan fingerprint density at radius 2 is 1.81 bits per heavy atom. The second-order valence-corrected chi connectivity index (χ2v) is 12.5. The molecule has 6 nitrogen and oxygen atoms in total. The summed E-state index contributed by atoms with van der Waals surface area (Å²) >= 11 is 0. The minimum Gasteiger partial charge on any atom is -0.458 e. The van der Waals surface area contributed by atoms with E-state index >= 15 is 0 Å². The van der Waals surface area contributed by atoms with Crippen molar-refractivity contribution in [1.29, 1.82) is 0 Å². The lowest BCUT2D eigenvalue weighted by molar-refractivity contribution is -0.237. The molecule has 4 fully saturated rings. The van der Waals surface area contributed by atoms with Gasteiger partial charge in [0.25, 0.3) is 0 Å². The van der Waals surface area contributed by atoms with Gasteiger partial charge in [-0.1, -0.05) is 37.3 Å². The first-order valence-corrected chi connectivity index (χ1v) is 13.8. The van der Waals surface area contributed by atoms with Gasteiger partial charge in [-0.2, -0.15) is 0 Å². The van der Waals surface area contributed by atoms with Crippen LogP contribution in [-0.2, 0) is 16.1 Å². The van der Waals surface area contributed by atoms with Gasteiger partial charge >= 0.3 is 5.97 Å². The van der Waals surface area contributed by atoms with E-state index in [0.29, 0.717) is 45.3 Å². The van der Waals surface area contributed by atoms with E-state index in [-0.39, 0.29) is 29.1 Å². The third kappa shape index (κ3) is 3.40. The fourth-order valence-corrected chi connectivity index (χ4v) is 9.26. The minimum absolute atomic E-state index is 0.0542. The largest absolute Gasteiger partial charge is 0.458 e. The Morgan fingerprint density at radius 1 is 1.03 bits per heavy atom. The van der Waals surface area contributed by atoms with Crippen LogP contribution < -0.4 is 0 Å². The van der Waals surface area contributed by atoms with Gasteiger partial charge in [-0.15, -0.1) is 0 Å². The summed E-state index contributed by atoms with van der Waals surface area (Å²) in [6.45, 7) is 3.12. The van der Waals surface area contributed by atoms with Crippen molar-refractivity contribution in [1.82, 2.24) is 0 Å². The zero-order valence-electron chi connectivity index (χ0n) is 21.2. The van der Waals surface area contributed by atoms with Crippen molar-refractivity contribution in [2.45, 2.75) is 88.6 Å². The molecule has 1 aliphatic heterocycles. The van der Waals surface area contributed by atoms with Gasteiger partial charge < -0.3 is 20.1 Å². The molecule has 3 N–H and O–H groups in total. The van der Waals surface area contributed by atoms with Crippen molar-refractivity contribution >= 4 is 12.2 Å². The molecule has 0 bridgehead atoms. The van der Waals surface area contributed by atoms with Gasteiger partial charge in [0, 0.05) is 29.5 Å². The third-order valence-electron chi connectivity index (χ3n) is 11.1. The number of rotatable bonds is 4. The topological polar surface area (TPSA) is 99.4 Å². The van der Waals surface area contributed by atoms with Crippen LogP contribution in [-0.4, -0.2) is 51.4 Å². The van der Waals surface area contributed by atoms with Crippen molar-refractivity contribution in [3.63, 3.8) is 0 Å². The average Bonchev–Trinajstić information content (AvgIpc) is 3.40. The molecule has 194 valence electrons. The maximum Gasteiger partial charge on any atom is 0.331 e. The Bertz CT molecular complexity index is 1090. The first kappa shape index (κ1) is 24.3. The highest BCUT2D eigenvalue weighted by atomic mass is 16.5. The monoisotopic (exact) mass is 493 g/mol. The number of aliphatic imine (C=N–C) groups is 1. The molecule has 0 unspecified atom stereocenters. The zero-order valence-corrected chi connectivity index (χ0v) is 21.2. The lowest BCUT2D eigenvalue weighted by Crippen LogP contribution is -2.68. The minimum atomic E-state index is -1.01. The van der Waals surface area contributed by atoms with E-state index < -0.39 is 22.7 Å². The van der Waals surface area contributed by atoms with Crippen molar-refractivity contribution in [2.24, 2.45) is 33.6 Å². The fraction of sp³-hybridized carbons (Fsp3) is 0.667. The highest BCUT2D eigenvalue weighted by molar-refractivity contribution is 5.85. The molecule has 0 aromatic heterocycles. The van der Waals surface area contributed by atoms with E-state index in [4.69, 9.17) is 9.73 Å². The van der Waals surface area contributed by atoms with Gasteiger partial charge in [-0.25, -0.2) is 4.79 Å². The molecule has 0 radical (unpaired) electrons. The number of carbonyl (C=O) groups is 1. The highest BCUT2D eigenvalue weighted by Gasteiger charge is 2.71. The SMILES string of the molecule is C[C@]12CC[C@H]3[C@@H](CC[C@]4(O)C[C@@H](O)CC[C@]34C=NCc3ccccc3)[C@@]1(O)CC[C@@H]2C1=CC(=O)OC1. The summed E-state index contributed by atoms with van der Waals surface area (Å²) in [5.41, 5.74) is -0.575. The van der Waals surface area contributed by atoms with Crippen LogP contribution in [0.2, 0.25) is 0 Å². The Kier molecular flexibility index (Phi) is 5.75. The Hall–Kier alpha value is -2.02. The van der Waals surface area contributed by atoms with E-state index in [2.05, 4.69) is 19.1 Å². The lowest BCUT2D eigenvalue weighted by atomic mass is 9.41. The van der Waals surface area contributed by atoms with E-state index in [1.807, 2.05) is 24.4 Å². The van der Waals surface area contributed by atoms with Gasteiger partial charge in [0.1, 0.15) is 6.61 Å². The van der Waals surface area contributed by atoms with Crippen LogP contribution >= 0.6 is 0 Å². The normalized spacial score (nSPS) is 46.1. The molecular formula is C30H39NO5. The first-order chi connectivity index (χ1) is 17.2. The molecule has 0 spiro atoms. The number of hydrogen-bond acceptors (Lipinski definition) is 6. The van der Waals surface area contributed by atoms with Crippen LogP contribution in [0.5, 0.6) is 0 Å². The summed E-state index contributed by atoms with van der Waals surface area (Å²) in [5.74, 6) is 0.0375. The average molecular weight is 494 g/mol. The number of fused-ring (bicyclic) bond motifs is 5. The summed E-state index contributed by atoms with van der Waals surface area (Å²) in [4.78, 5) is 16.7. The molecule has 0 saturated heterocycles. The molecule has 5 aliphatic rings. The lowest BCUT2D eigenvalue weighted by Gasteiger charge is -2.65. The summed E-state index contributed by atoms with van der Waals surface area (Å²) in [6, 6.07) is 10.2. The summed E-state index contributed by atoms with van der Waals surface area (Å²) in [7, 11) is 0. The highest BCUT2D eigenvalue weighted by Crippen LogP contribution is 2.70. The zero-order chi connectivity index (χ0) is 25.2. The van der Waals surface area contributed by atoms with E-state index in [9.17, 15) is 20.1 Å². The molecule has 6 heteroatoms. The maximum atomic E-state index is 12.5. The molecule has 1 heterocycles. The Balaban J connectivity index is 1.35.